The minimum atomic E-state index is -0.495. The van der Waals surface area contributed by atoms with Gasteiger partial charge in [-0.25, -0.2) is 0 Å². The fraction of sp³-hybridized carbons (Fsp3) is 0.684. The number of allylic oxidation sites excluding steroid dienone is 4. The summed E-state index contributed by atoms with van der Waals surface area (Å²) >= 11 is 0. The van der Waals surface area contributed by atoms with Gasteiger partial charge in [-0.05, 0) is 60.7 Å². The lowest BCUT2D eigenvalue weighted by Gasteiger charge is -2.55. The molecule has 0 bridgehead atoms. The van der Waals surface area contributed by atoms with Crippen molar-refractivity contribution in [1.29, 1.82) is 0 Å². The topological polar surface area (TPSA) is 66.5 Å². The molecule has 4 N–H and O–H groups in total. The molecule has 0 heterocycles. The van der Waals surface area contributed by atoms with Crippen LogP contribution in [0.4, 0.5) is 0 Å². The molecule has 2 fully saturated rings. The first-order chi connectivity index (χ1) is 10.4. The summed E-state index contributed by atoms with van der Waals surface area (Å²) in [5.74, 6) is 1.32. The maximum absolute atomic E-state index is 10.5. The number of hydrogen-bond acceptors (Lipinski definition) is 3. The van der Waals surface area contributed by atoms with Gasteiger partial charge in [-0.2, -0.15) is 0 Å². The summed E-state index contributed by atoms with van der Waals surface area (Å²) in [6, 6.07) is 0. The second-order valence-corrected chi connectivity index (χ2v) is 8.28. The van der Waals surface area contributed by atoms with Gasteiger partial charge >= 0.3 is 0 Å². The zero-order chi connectivity index (χ0) is 15.7. The number of nitrogens with two attached hydrogens (primary N) is 1. The van der Waals surface area contributed by atoms with Gasteiger partial charge in [0, 0.05) is 17.0 Å². The standard InChI is InChI=1S/C19H27NO2/c1-18-7-5-12(21)9-11(18)10-15(20)17-13-3-4-16(22)19(13,2)8-6-14(17)18/h5,7,9-10,12-14,16-17,21-22H,3-4,6,8,20H2,1-2H3/t12?,13-,14-,16-,17-,18-,19-/m0/s1. The zero-order valence-electron chi connectivity index (χ0n) is 13.5. The van der Waals surface area contributed by atoms with Gasteiger partial charge < -0.3 is 15.9 Å². The third-order valence-corrected chi connectivity index (χ3v) is 7.31. The first-order valence-electron chi connectivity index (χ1n) is 8.61. The van der Waals surface area contributed by atoms with Gasteiger partial charge in [0.1, 0.15) is 0 Å². The van der Waals surface area contributed by atoms with Gasteiger partial charge in [-0.1, -0.05) is 26.0 Å². The summed E-state index contributed by atoms with van der Waals surface area (Å²) in [5.41, 5.74) is 8.62. The smallest absolute Gasteiger partial charge is 0.0908 e. The van der Waals surface area contributed by atoms with Crippen LogP contribution in [0.2, 0.25) is 0 Å². The highest BCUT2D eigenvalue weighted by Gasteiger charge is 2.58. The van der Waals surface area contributed by atoms with Crippen molar-refractivity contribution in [3.63, 3.8) is 0 Å². The molecule has 7 atom stereocenters. The molecule has 4 rings (SSSR count). The zero-order valence-corrected chi connectivity index (χ0v) is 13.5. The number of aliphatic hydroxyl groups is 2. The Hall–Kier alpha value is -1.06. The van der Waals surface area contributed by atoms with Crippen molar-refractivity contribution in [3.05, 3.63) is 35.6 Å². The largest absolute Gasteiger partial charge is 0.402 e. The van der Waals surface area contributed by atoms with E-state index in [-0.39, 0.29) is 16.9 Å². The van der Waals surface area contributed by atoms with Crippen LogP contribution in [-0.2, 0) is 0 Å². The maximum atomic E-state index is 10.5. The molecule has 4 aliphatic rings. The van der Waals surface area contributed by atoms with Crippen LogP contribution in [0.15, 0.2) is 35.6 Å². The molecule has 0 amide bonds. The molecular formula is C19H27NO2. The van der Waals surface area contributed by atoms with E-state index in [1.165, 1.54) is 5.57 Å². The molecule has 0 aliphatic heterocycles. The molecule has 0 aromatic carbocycles. The van der Waals surface area contributed by atoms with Crippen molar-refractivity contribution in [2.24, 2.45) is 34.3 Å². The van der Waals surface area contributed by atoms with Gasteiger partial charge in [0.2, 0.25) is 0 Å². The fourth-order valence-electron chi connectivity index (χ4n) is 5.88. The maximum Gasteiger partial charge on any atom is 0.0908 e. The van der Waals surface area contributed by atoms with Crippen LogP contribution in [-0.4, -0.2) is 22.4 Å². The van der Waals surface area contributed by atoms with E-state index in [2.05, 4.69) is 26.0 Å². The molecule has 0 radical (unpaired) electrons. The summed E-state index contributed by atoms with van der Waals surface area (Å²) in [5, 5.41) is 20.4. The molecule has 120 valence electrons. The van der Waals surface area contributed by atoms with Gasteiger partial charge in [0.05, 0.1) is 12.2 Å². The normalized spacial score (nSPS) is 53.2. The van der Waals surface area contributed by atoms with Crippen LogP contribution in [0.3, 0.4) is 0 Å². The van der Waals surface area contributed by atoms with E-state index in [9.17, 15) is 10.2 Å². The molecule has 3 nitrogen and oxygen atoms in total. The Morgan fingerprint density at radius 2 is 1.91 bits per heavy atom. The van der Waals surface area contributed by atoms with Gasteiger partial charge in [0.15, 0.2) is 0 Å². The number of rotatable bonds is 0. The Morgan fingerprint density at radius 1 is 1.14 bits per heavy atom. The van der Waals surface area contributed by atoms with E-state index in [1.807, 2.05) is 12.2 Å². The summed E-state index contributed by atoms with van der Waals surface area (Å²) in [7, 11) is 0. The van der Waals surface area contributed by atoms with E-state index in [4.69, 9.17) is 5.73 Å². The van der Waals surface area contributed by atoms with E-state index in [0.29, 0.717) is 17.8 Å². The Balaban J connectivity index is 1.80. The minimum Gasteiger partial charge on any atom is -0.402 e. The van der Waals surface area contributed by atoms with Gasteiger partial charge in [0.25, 0.3) is 0 Å². The van der Waals surface area contributed by atoms with E-state index < -0.39 is 6.10 Å². The highest BCUT2D eigenvalue weighted by molar-refractivity contribution is 5.44. The highest BCUT2D eigenvalue weighted by Crippen LogP contribution is 2.63. The van der Waals surface area contributed by atoms with Crippen LogP contribution in [0, 0.1) is 28.6 Å². The number of hydrogen-bond donors (Lipinski definition) is 3. The van der Waals surface area contributed by atoms with Gasteiger partial charge in [-0.3, -0.25) is 0 Å². The first-order valence-corrected chi connectivity index (χ1v) is 8.61. The second-order valence-electron chi connectivity index (χ2n) is 8.28. The molecule has 22 heavy (non-hydrogen) atoms. The monoisotopic (exact) mass is 301 g/mol. The third kappa shape index (κ3) is 1.70. The van der Waals surface area contributed by atoms with Crippen LogP contribution in [0.5, 0.6) is 0 Å². The Kier molecular flexibility index (Phi) is 2.96. The lowest BCUT2D eigenvalue weighted by molar-refractivity contribution is -0.0419. The van der Waals surface area contributed by atoms with Crippen LogP contribution in [0.1, 0.15) is 39.5 Å². The molecule has 3 heteroatoms. The van der Waals surface area contributed by atoms with Crippen molar-refractivity contribution in [2.45, 2.75) is 51.7 Å². The van der Waals surface area contributed by atoms with Gasteiger partial charge in [-0.15, -0.1) is 0 Å². The highest BCUT2D eigenvalue weighted by atomic mass is 16.3. The number of fused-ring (bicyclic) bond motifs is 5. The first kappa shape index (κ1) is 14.5. The molecule has 1 unspecified atom stereocenters. The van der Waals surface area contributed by atoms with Crippen LogP contribution in [0.25, 0.3) is 0 Å². The lowest BCUT2D eigenvalue weighted by Crippen LogP contribution is -2.51. The average Bonchev–Trinajstić information content (AvgIpc) is 2.77. The summed E-state index contributed by atoms with van der Waals surface area (Å²) in [6.07, 6.45) is 11.6. The van der Waals surface area contributed by atoms with E-state index in [1.54, 1.807) is 0 Å². The van der Waals surface area contributed by atoms with E-state index >= 15 is 0 Å². The Bertz CT molecular complexity index is 592. The minimum absolute atomic E-state index is 0.0229. The van der Waals surface area contributed by atoms with E-state index in [0.717, 1.165) is 31.4 Å². The molecular weight excluding hydrogens is 274 g/mol. The predicted octanol–water partition coefficient (Wildman–Crippen LogP) is 2.51. The third-order valence-electron chi connectivity index (χ3n) is 7.31. The van der Waals surface area contributed by atoms with Crippen molar-refractivity contribution < 1.29 is 10.2 Å². The fourth-order valence-corrected chi connectivity index (χ4v) is 5.88. The second kappa shape index (κ2) is 4.48. The van der Waals surface area contributed by atoms with Crippen molar-refractivity contribution in [1.82, 2.24) is 0 Å². The summed E-state index contributed by atoms with van der Waals surface area (Å²) in [4.78, 5) is 0. The molecule has 0 aromatic rings. The molecule has 0 spiro atoms. The lowest BCUT2D eigenvalue weighted by atomic mass is 9.49. The van der Waals surface area contributed by atoms with Crippen molar-refractivity contribution >= 4 is 0 Å². The molecule has 0 aromatic heterocycles. The van der Waals surface area contributed by atoms with Crippen molar-refractivity contribution in [2.75, 3.05) is 0 Å². The quantitative estimate of drug-likeness (QED) is 0.602. The summed E-state index contributed by atoms with van der Waals surface area (Å²) < 4.78 is 0. The Morgan fingerprint density at radius 3 is 2.68 bits per heavy atom. The Labute approximate surface area is 132 Å². The average molecular weight is 301 g/mol. The predicted molar refractivity (Wildman–Crippen MR) is 86.7 cm³/mol. The van der Waals surface area contributed by atoms with Crippen LogP contribution >= 0.6 is 0 Å². The van der Waals surface area contributed by atoms with Crippen molar-refractivity contribution in [3.8, 4) is 0 Å². The SMILES string of the molecule is C[C@]12CC[C@H]3[C@@H](C(N)=CC4=CC(O)C=C[C@@]43C)[C@@H]1CC[C@@H]2O. The molecule has 4 aliphatic carbocycles. The molecule has 0 saturated heterocycles. The summed E-state index contributed by atoms with van der Waals surface area (Å²) in [6.45, 7) is 4.54. The number of aliphatic hydroxyl groups excluding tert-OH is 2. The van der Waals surface area contributed by atoms with Crippen LogP contribution < -0.4 is 5.73 Å². The molecule has 2 saturated carbocycles.